The highest BCUT2D eigenvalue weighted by Gasteiger charge is 2.36. The van der Waals surface area contributed by atoms with Crippen LogP contribution < -0.4 is 14.8 Å². The Morgan fingerprint density at radius 2 is 1.83 bits per heavy atom. The predicted molar refractivity (Wildman–Crippen MR) is 114 cm³/mol. The fourth-order valence-corrected chi connectivity index (χ4v) is 5.07. The lowest BCUT2D eigenvalue weighted by Crippen LogP contribution is -2.50. The number of sulfone groups is 1. The van der Waals surface area contributed by atoms with Gasteiger partial charge in [-0.05, 0) is 44.6 Å². The van der Waals surface area contributed by atoms with Crippen LogP contribution in [-0.4, -0.2) is 95.5 Å². The van der Waals surface area contributed by atoms with Gasteiger partial charge in [0.25, 0.3) is 0 Å². The molecule has 1 aliphatic rings. The third-order valence-electron chi connectivity index (χ3n) is 5.04. The first-order valence-electron chi connectivity index (χ1n) is 9.81. The summed E-state index contributed by atoms with van der Waals surface area (Å²) in [6, 6.07) is 5.01. The van der Waals surface area contributed by atoms with Crippen LogP contribution in [0.3, 0.4) is 0 Å². The molecule has 0 bridgehead atoms. The van der Waals surface area contributed by atoms with Crippen molar-refractivity contribution in [3.8, 4) is 11.5 Å². The van der Waals surface area contributed by atoms with Gasteiger partial charge in [-0.1, -0.05) is 6.07 Å². The zero-order chi connectivity index (χ0) is 22.3. The van der Waals surface area contributed by atoms with E-state index in [0.29, 0.717) is 37.4 Å². The molecule has 2 rings (SSSR count). The molecule has 0 saturated carbocycles. The van der Waals surface area contributed by atoms with Gasteiger partial charge in [0.05, 0.1) is 25.7 Å². The van der Waals surface area contributed by atoms with Gasteiger partial charge in [0.15, 0.2) is 21.3 Å². The van der Waals surface area contributed by atoms with Gasteiger partial charge in [0.1, 0.15) is 0 Å². The van der Waals surface area contributed by atoms with Crippen LogP contribution in [0.5, 0.6) is 11.5 Å². The Balaban J connectivity index is 1.96. The number of hydrogen-bond donors (Lipinski definition) is 1. The van der Waals surface area contributed by atoms with Crippen LogP contribution in [0.1, 0.15) is 12.0 Å². The number of carbonyl (C=O) groups excluding carboxylic acids is 2. The lowest BCUT2D eigenvalue weighted by molar-refractivity contribution is -0.147. The Morgan fingerprint density at radius 1 is 1.13 bits per heavy atom. The molecule has 0 spiro atoms. The highest BCUT2D eigenvalue weighted by atomic mass is 32.2. The number of ether oxygens (including phenoxy) is 2. The van der Waals surface area contributed by atoms with Crippen LogP contribution in [-0.2, 0) is 25.8 Å². The molecule has 1 fully saturated rings. The number of carbonyl (C=O) groups is 2. The molecule has 168 valence electrons. The SMILES string of the molecule is COc1ccc(CCNC(=O)C(=O)N(CCN(C)C)C2CCS(=O)(=O)C2)cc1OC. The van der Waals surface area contributed by atoms with Gasteiger partial charge in [-0.2, -0.15) is 0 Å². The maximum Gasteiger partial charge on any atom is 0.312 e. The molecule has 1 aromatic rings. The third kappa shape index (κ3) is 6.60. The lowest BCUT2D eigenvalue weighted by Gasteiger charge is -2.28. The molecule has 1 heterocycles. The Hall–Kier alpha value is -2.33. The van der Waals surface area contributed by atoms with Crippen molar-refractivity contribution in [3.05, 3.63) is 23.8 Å². The summed E-state index contributed by atoms with van der Waals surface area (Å²) in [7, 11) is 3.66. The average molecular weight is 442 g/mol. The Kier molecular flexibility index (Phi) is 8.48. The van der Waals surface area contributed by atoms with E-state index in [9.17, 15) is 18.0 Å². The number of benzene rings is 1. The third-order valence-corrected chi connectivity index (χ3v) is 6.79. The maximum atomic E-state index is 12.7. The van der Waals surface area contributed by atoms with Crippen molar-refractivity contribution in [2.24, 2.45) is 0 Å². The molecule has 1 unspecified atom stereocenters. The monoisotopic (exact) mass is 441 g/mol. The Labute approximate surface area is 178 Å². The molecule has 30 heavy (non-hydrogen) atoms. The van der Waals surface area contributed by atoms with E-state index in [1.54, 1.807) is 20.3 Å². The summed E-state index contributed by atoms with van der Waals surface area (Å²) in [5, 5.41) is 2.64. The summed E-state index contributed by atoms with van der Waals surface area (Å²) in [4.78, 5) is 28.5. The summed E-state index contributed by atoms with van der Waals surface area (Å²) in [5.74, 6) is -0.252. The smallest absolute Gasteiger partial charge is 0.312 e. The molecule has 9 nitrogen and oxygen atoms in total. The van der Waals surface area contributed by atoms with E-state index in [0.717, 1.165) is 5.56 Å². The minimum atomic E-state index is -3.16. The Bertz CT molecular complexity index is 856. The first kappa shape index (κ1) is 23.9. The van der Waals surface area contributed by atoms with Gasteiger partial charge in [0, 0.05) is 25.7 Å². The molecule has 1 aliphatic heterocycles. The topological polar surface area (TPSA) is 105 Å². The molecular weight excluding hydrogens is 410 g/mol. The van der Waals surface area contributed by atoms with Crippen molar-refractivity contribution >= 4 is 21.7 Å². The fourth-order valence-electron chi connectivity index (χ4n) is 3.34. The van der Waals surface area contributed by atoms with Crippen LogP contribution in [0.15, 0.2) is 18.2 Å². The first-order chi connectivity index (χ1) is 14.2. The van der Waals surface area contributed by atoms with Crippen LogP contribution in [0, 0.1) is 0 Å². The number of hydrogen-bond acceptors (Lipinski definition) is 7. The lowest BCUT2D eigenvalue weighted by atomic mass is 10.1. The Morgan fingerprint density at radius 3 is 2.40 bits per heavy atom. The molecular formula is C20H31N3O6S. The number of methoxy groups -OCH3 is 2. The standard InChI is InChI=1S/C20H31N3O6S/c1-22(2)10-11-23(16-8-12-30(26,27)14-16)20(25)19(24)21-9-7-15-5-6-17(28-3)18(13-15)29-4/h5-6,13,16H,7-12,14H2,1-4H3,(H,21,24). The number of rotatable bonds is 9. The van der Waals surface area contributed by atoms with Gasteiger partial charge in [-0.25, -0.2) is 8.42 Å². The minimum absolute atomic E-state index is 0.0460. The summed E-state index contributed by atoms with van der Waals surface area (Å²) in [5.41, 5.74) is 0.923. The first-order valence-corrected chi connectivity index (χ1v) is 11.6. The van der Waals surface area contributed by atoms with Crippen molar-refractivity contribution in [2.75, 3.05) is 59.5 Å². The van der Waals surface area contributed by atoms with E-state index >= 15 is 0 Å². The molecule has 10 heteroatoms. The molecule has 2 amide bonds. The molecule has 1 N–H and O–H groups in total. The second kappa shape index (κ2) is 10.6. The van der Waals surface area contributed by atoms with Gasteiger partial charge < -0.3 is 24.6 Å². The minimum Gasteiger partial charge on any atom is -0.493 e. The van der Waals surface area contributed by atoms with Crippen molar-refractivity contribution in [3.63, 3.8) is 0 Å². The van der Waals surface area contributed by atoms with Gasteiger partial charge in [-0.3, -0.25) is 9.59 Å². The van der Waals surface area contributed by atoms with Crippen LogP contribution in [0.4, 0.5) is 0 Å². The van der Waals surface area contributed by atoms with Gasteiger partial charge >= 0.3 is 11.8 Å². The number of amides is 2. The van der Waals surface area contributed by atoms with E-state index in [-0.39, 0.29) is 18.1 Å². The van der Waals surface area contributed by atoms with E-state index in [2.05, 4.69) is 5.32 Å². The molecule has 1 atom stereocenters. The van der Waals surface area contributed by atoms with Crippen LogP contribution in [0.2, 0.25) is 0 Å². The summed E-state index contributed by atoms with van der Waals surface area (Å²) >= 11 is 0. The maximum absolute atomic E-state index is 12.7. The second-order valence-electron chi connectivity index (χ2n) is 7.55. The number of nitrogens with zero attached hydrogens (tertiary/aromatic N) is 2. The largest absolute Gasteiger partial charge is 0.493 e. The van der Waals surface area contributed by atoms with E-state index in [4.69, 9.17) is 9.47 Å². The van der Waals surface area contributed by atoms with E-state index in [1.807, 2.05) is 31.1 Å². The van der Waals surface area contributed by atoms with E-state index < -0.39 is 27.7 Å². The van der Waals surface area contributed by atoms with Crippen molar-refractivity contribution in [1.29, 1.82) is 0 Å². The summed E-state index contributed by atoms with van der Waals surface area (Å²) in [6.45, 7) is 1.11. The van der Waals surface area contributed by atoms with Gasteiger partial charge in [-0.15, -0.1) is 0 Å². The average Bonchev–Trinajstić information content (AvgIpc) is 3.06. The van der Waals surface area contributed by atoms with Crippen molar-refractivity contribution in [2.45, 2.75) is 18.9 Å². The van der Waals surface area contributed by atoms with Gasteiger partial charge in [0.2, 0.25) is 0 Å². The number of nitrogens with one attached hydrogen (secondary N) is 1. The highest BCUT2D eigenvalue weighted by molar-refractivity contribution is 7.91. The number of likely N-dealkylation sites (N-methyl/N-ethyl adjacent to an activating group) is 1. The highest BCUT2D eigenvalue weighted by Crippen LogP contribution is 2.27. The molecule has 0 radical (unpaired) electrons. The zero-order valence-corrected chi connectivity index (χ0v) is 18.8. The van der Waals surface area contributed by atoms with E-state index in [1.165, 1.54) is 4.90 Å². The van der Waals surface area contributed by atoms with Crippen LogP contribution in [0.25, 0.3) is 0 Å². The summed E-state index contributed by atoms with van der Waals surface area (Å²) in [6.07, 6.45) is 0.870. The predicted octanol–water partition coefficient (Wildman–Crippen LogP) is -0.0602. The molecule has 1 aromatic carbocycles. The second-order valence-corrected chi connectivity index (χ2v) is 9.78. The van der Waals surface area contributed by atoms with Crippen molar-refractivity contribution < 1.29 is 27.5 Å². The molecule has 0 aromatic heterocycles. The molecule has 0 aliphatic carbocycles. The summed E-state index contributed by atoms with van der Waals surface area (Å²) < 4.78 is 34.1. The normalized spacial score (nSPS) is 17.6. The molecule has 1 saturated heterocycles. The quantitative estimate of drug-likeness (QED) is 0.535. The van der Waals surface area contributed by atoms with Crippen LogP contribution >= 0.6 is 0 Å². The zero-order valence-electron chi connectivity index (χ0n) is 18.0. The van der Waals surface area contributed by atoms with Crippen molar-refractivity contribution in [1.82, 2.24) is 15.1 Å². The fraction of sp³-hybridized carbons (Fsp3) is 0.600.